The minimum absolute atomic E-state index is 0.188. The summed E-state index contributed by atoms with van der Waals surface area (Å²) in [5.74, 6) is 0.423. The van der Waals surface area contributed by atoms with Gasteiger partial charge in [0.05, 0.1) is 11.6 Å². The lowest BCUT2D eigenvalue weighted by Gasteiger charge is -2.05. The third-order valence-corrected chi connectivity index (χ3v) is 2.50. The topological polar surface area (TPSA) is 88.0 Å². The molecule has 2 rings (SSSR count). The Balaban J connectivity index is 2.76. The zero-order valence-electron chi connectivity index (χ0n) is 7.77. The molecule has 15 heavy (non-hydrogen) atoms. The highest BCUT2D eigenvalue weighted by Gasteiger charge is 2.11. The fourth-order valence-corrected chi connectivity index (χ4v) is 1.67. The van der Waals surface area contributed by atoms with Crippen LogP contribution in [0.1, 0.15) is 0 Å². The summed E-state index contributed by atoms with van der Waals surface area (Å²) in [7, 11) is 1.54. The van der Waals surface area contributed by atoms with Crippen molar-refractivity contribution in [2.24, 2.45) is 0 Å². The second kappa shape index (κ2) is 3.50. The number of hydrogen-bond donors (Lipinski definition) is 1. The molecule has 0 spiro atoms. The van der Waals surface area contributed by atoms with Gasteiger partial charge in [-0.3, -0.25) is 5.73 Å². The molecule has 0 unspecified atom stereocenters. The molecule has 2 N–H and O–H groups in total. The van der Waals surface area contributed by atoms with Crippen LogP contribution >= 0.6 is 15.9 Å². The van der Waals surface area contributed by atoms with Gasteiger partial charge in [0, 0.05) is 6.07 Å². The number of fused-ring (bicyclic) bond motifs is 1. The summed E-state index contributed by atoms with van der Waals surface area (Å²) < 4.78 is 5.79. The molecule has 0 aliphatic carbocycles. The Morgan fingerprint density at radius 1 is 1.47 bits per heavy atom. The Kier molecular flexibility index (Phi) is 2.31. The second-order valence-corrected chi connectivity index (χ2v) is 3.67. The molecule has 0 aliphatic heterocycles. The summed E-state index contributed by atoms with van der Waals surface area (Å²) >= 11 is 3.29. The molecule has 1 heterocycles. The van der Waals surface area contributed by atoms with E-state index < -0.39 is 0 Å². The molecule has 7 heteroatoms. The van der Waals surface area contributed by atoms with Gasteiger partial charge in [0.25, 0.3) is 0 Å². The van der Waals surface area contributed by atoms with E-state index in [1.165, 1.54) is 0 Å². The maximum absolute atomic E-state index is 11.1. The van der Waals surface area contributed by atoms with Crippen molar-refractivity contribution in [3.63, 3.8) is 0 Å². The lowest BCUT2D eigenvalue weighted by atomic mass is 10.3. The third-order valence-electron chi connectivity index (χ3n) is 1.88. The van der Waals surface area contributed by atoms with Gasteiger partial charge in [-0.25, -0.2) is 0 Å². The van der Waals surface area contributed by atoms with Crippen molar-refractivity contribution >= 4 is 32.9 Å². The summed E-state index contributed by atoms with van der Waals surface area (Å²) in [6.07, 6.45) is 0. The molecule has 0 bridgehead atoms. The number of ether oxygens (including phenoxy) is 1. The van der Waals surface area contributed by atoms with E-state index in [1.54, 1.807) is 19.2 Å². The minimum atomic E-state index is -0.188. The van der Waals surface area contributed by atoms with Crippen molar-refractivity contribution in [1.82, 2.24) is 10.1 Å². The molecule has 0 aliphatic rings. The third kappa shape index (κ3) is 1.65. The van der Waals surface area contributed by atoms with E-state index >= 15 is 0 Å². The first-order chi connectivity index (χ1) is 7.11. The largest absolute Gasteiger partial charge is 0.722 e. The molecular formula is C8H7BrN4O2. The van der Waals surface area contributed by atoms with E-state index in [1.807, 2.05) is 0 Å². The molecule has 1 aromatic heterocycles. The van der Waals surface area contributed by atoms with E-state index in [0.717, 1.165) is 0 Å². The molecule has 2 aromatic rings. The van der Waals surface area contributed by atoms with Crippen molar-refractivity contribution in [3.05, 3.63) is 21.8 Å². The van der Waals surface area contributed by atoms with Crippen molar-refractivity contribution in [2.75, 3.05) is 12.8 Å². The Morgan fingerprint density at radius 3 is 2.87 bits per heavy atom. The first-order valence-electron chi connectivity index (χ1n) is 4.02. The fourth-order valence-electron chi connectivity index (χ4n) is 1.17. The van der Waals surface area contributed by atoms with Gasteiger partial charge in [-0.1, -0.05) is 4.98 Å². The number of anilines is 1. The van der Waals surface area contributed by atoms with Gasteiger partial charge in [0.2, 0.25) is 0 Å². The highest BCUT2D eigenvalue weighted by Crippen LogP contribution is 2.28. The Bertz CT molecular complexity index is 532. The molecule has 0 amide bonds. The summed E-state index contributed by atoms with van der Waals surface area (Å²) in [6, 6.07) is 3.30. The predicted octanol–water partition coefficient (Wildman–Crippen LogP) is 0.616. The van der Waals surface area contributed by atoms with Crippen LogP contribution in [0, 0.1) is 5.21 Å². The van der Waals surface area contributed by atoms with Crippen LogP contribution in [0.25, 0.3) is 11.0 Å². The average Bonchev–Trinajstić information content (AvgIpc) is 2.20. The highest BCUT2D eigenvalue weighted by molar-refractivity contribution is 9.10. The minimum Gasteiger partial charge on any atom is -0.722 e. The predicted molar refractivity (Wildman–Crippen MR) is 57.2 cm³/mol. The van der Waals surface area contributed by atoms with Crippen LogP contribution in [-0.2, 0) is 0 Å². The van der Waals surface area contributed by atoms with Crippen molar-refractivity contribution < 1.29 is 9.58 Å². The van der Waals surface area contributed by atoms with Crippen LogP contribution in [0.3, 0.4) is 0 Å². The van der Waals surface area contributed by atoms with Crippen molar-refractivity contribution in [3.8, 4) is 5.75 Å². The summed E-state index contributed by atoms with van der Waals surface area (Å²) in [4.78, 5) is 4.17. The zero-order valence-corrected chi connectivity index (χ0v) is 9.35. The molecule has 0 radical (unpaired) electrons. The van der Waals surface area contributed by atoms with Gasteiger partial charge in [0.15, 0.2) is 5.52 Å². The number of benzene rings is 1. The van der Waals surface area contributed by atoms with Gasteiger partial charge < -0.3 is 9.94 Å². The van der Waals surface area contributed by atoms with E-state index in [2.05, 4.69) is 26.0 Å². The van der Waals surface area contributed by atoms with E-state index in [0.29, 0.717) is 21.3 Å². The lowest BCUT2D eigenvalue weighted by Crippen LogP contribution is -2.35. The Hall–Kier alpha value is -1.63. The normalized spacial score (nSPS) is 10.5. The standard InChI is InChI=1S/C8H7BrN4O2/c1-15-7-3-5-6(2-4(7)9)12-13(14)8(10)11-5/h2-3H,1H3,(H2,10,11). The number of nitrogen functional groups attached to an aromatic ring is 1. The second-order valence-electron chi connectivity index (χ2n) is 2.82. The van der Waals surface area contributed by atoms with Crippen LogP contribution in [0.4, 0.5) is 5.95 Å². The first-order valence-corrected chi connectivity index (χ1v) is 4.81. The Labute approximate surface area is 93.4 Å². The molecule has 1 aromatic carbocycles. The van der Waals surface area contributed by atoms with E-state index in [-0.39, 0.29) is 10.8 Å². The van der Waals surface area contributed by atoms with Crippen LogP contribution in [0.5, 0.6) is 5.75 Å². The summed E-state index contributed by atoms with van der Waals surface area (Å²) in [6.45, 7) is 0. The Morgan fingerprint density at radius 2 is 2.20 bits per heavy atom. The van der Waals surface area contributed by atoms with Crippen molar-refractivity contribution in [1.29, 1.82) is 0 Å². The number of hydrogen-bond acceptors (Lipinski definition) is 5. The fraction of sp³-hybridized carbons (Fsp3) is 0.125. The van der Waals surface area contributed by atoms with Crippen LogP contribution in [0.2, 0.25) is 0 Å². The lowest BCUT2D eigenvalue weighted by molar-refractivity contribution is -0.654. The molecular weight excluding hydrogens is 264 g/mol. The molecule has 0 atom stereocenters. The quantitative estimate of drug-likeness (QED) is 0.606. The number of nitrogens with zero attached hydrogens (tertiary/aromatic N) is 3. The molecule has 0 fully saturated rings. The van der Waals surface area contributed by atoms with Gasteiger partial charge >= 0.3 is 5.95 Å². The maximum Gasteiger partial charge on any atom is 0.410 e. The number of methoxy groups -OCH3 is 1. The monoisotopic (exact) mass is 270 g/mol. The zero-order chi connectivity index (χ0) is 11.0. The smallest absolute Gasteiger partial charge is 0.410 e. The SMILES string of the molecule is COc1cc2nc(N)[n+]([O-])nc2cc1Br. The van der Waals surface area contributed by atoms with Gasteiger partial charge in [-0.05, 0) is 22.0 Å². The molecule has 78 valence electrons. The van der Waals surface area contributed by atoms with Crippen LogP contribution in [-0.4, -0.2) is 17.2 Å². The molecule has 0 saturated carbocycles. The average molecular weight is 271 g/mol. The number of rotatable bonds is 1. The van der Waals surface area contributed by atoms with Gasteiger partial charge in [-0.2, -0.15) is 0 Å². The molecule has 0 saturated heterocycles. The van der Waals surface area contributed by atoms with Gasteiger partial charge in [0.1, 0.15) is 11.3 Å². The van der Waals surface area contributed by atoms with E-state index in [9.17, 15) is 5.21 Å². The summed E-state index contributed by atoms with van der Waals surface area (Å²) in [5.41, 5.74) is 6.30. The number of aromatic nitrogens is 3. The van der Waals surface area contributed by atoms with Crippen molar-refractivity contribution in [2.45, 2.75) is 0 Å². The number of halogens is 1. The molecule has 6 nitrogen and oxygen atoms in total. The summed E-state index contributed by atoms with van der Waals surface area (Å²) in [5, 5.41) is 14.8. The first kappa shape index (κ1) is 9.91. The maximum atomic E-state index is 11.1. The van der Waals surface area contributed by atoms with E-state index in [4.69, 9.17) is 10.5 Å². The van der Waals surface area contributed by atoms with Crippen LogP contribution < -0.4 is 15.3 Å². The van der Waals surface area contributed by atoms with Crippen LogP contribution in [0.15, 0.2) is 16.6 Å². The van der Waals surface area contributed by atoms with Gasteiger partial charge in [-0.15, -0.1) is 9.94 Å². The number of nitrogens with two attached hydrogens (primary N) is 1. The highest BCUT2D eigenvalue weighted by atomic mass is 79.9.